The lowest BCUT2D eigenvalue weighted by atomic mass is 10.1. The van der Waals surface area contributed by atoms with Gasteiger partial charge in [-0.1, -0.05) is 35.3 Å². The van der Waals surface area contributed by atoms with E-state index in [-0.39, 0.29) is 5.43 Å². The highest BCUT2D eigenvalue weighted by Crippen LogP contribution is 2.31. The van der Waals surface area contributed by atoms with Gasteiger partial charge in [0.2, 0.25) is 0 Å². The highest BCUT2D eigenvalue weighted by atomic mass is 35.5. The van der Waals surface area contributed by atoms with Crippen LogP contribution in [-0.4, -0.2) is 43.0 Å². The molecule has 0 N–H and O–H groups in total. The molecule has 1 fully saturated rings. The minimum absolute atomic E-state index is 0.117. The largest absolute Gasteiger partial charge is 0.455 e. The Hall–Kier alpha value is -1.85. The lowest BCUT2D eigenvalue weighted by Crippen LogP contribution is -2.43. The standard InChI is InChI=1S/C21H20Cl2N2O2/c1-24-6-8-25(9-7-24)13-14-10-15(22)11-17-19(26)12-20(27-21(14)17)16-4-2-3-5-18(16)23/h2-5,10-12H,6-9,13H2,1H3. The fraction of sp³-hybridized carbons (Fsp3) is 0.286. The van der Waals surface area contributed by atoms with Gasteiger partial charge in [0.05, 0.1) is 10.4 Å². The summed E-state index contributed by atoms with van der Waals surface area (Å²) < 4.78 is 6.18. The molecule has 4 rings (SSSR count). The van der Waals surface area contributed by atoms with Gasteiger partial charge in [0.1, 0.15) is 11.3 Å². The van der Waals surface area contributed by atoms with Gasteiger partial charge in [-0.2, -0.15) is 0 Å². The summed E-state index contributed by atoms with van der Waals surface area (Å²) in [5, 5.41) is 1.60. The molecule has 1 aliphatic rings. The molecular formula is C21H20Cl2N2O2. The number of fused-ring (bicyclic) bond motifs is 1. The van der Waals surface area contributed by atoms with Crippen LogP contribution in [0.5, 0.6) is 0 Å². The minimum Gasteiger partial charge on any atom is -0.455 e. The third-order valence-electron chi connectivity index (χ3n) is 5.00. The molecule has 0 spiro atoms. The number of halogens is 2. The van der Waals surface area contributed by atoms with E-state index in [0.717, 1.165) is 31.7 Å². The fourth-order valence-electron chi connectivity index (χ4n) is 3.45. The zero-order chi connectivity index (χ0) is 19.0. The van der Waals surface area contributed by atoms with Gasteiger partial charge in [0.25, 0.3) is 0 Å². The van der Waals surface area contributed by atoms with E-state index >= 15 is 0 Å². The highest BCUT2D eigenvalue weighted by molar-refractivity contribution is 6.33. The molecule has 3 aromatic rings. The average Bonchev–Trinajstić information content (AvgIpc) is 2.64. The van der Waals surface area contributed by atoms with Gasteiger partial charge in [0.15, 0.2) is 5.43 Å². The topological polar surface area (TPSA) is 36.7 Å². The summed E-state index contributed by atoms with van der Waals surface area (Å²) in [6.07, 6.45) is 0. The van der Waals surface area contributed by atoms with Gasteiger partial charge >= 0.3 is 0 Å². The molecule has 0 atom stereocenters. The average molecular weight is 403 g/mol. The predicted octanol–water partition coefficient (Wildman–Crippen LogP) is 4.51. The van der Waals surface area contributed by atoms with E-state index in [1.165, 1.54) is 6.07 Å². The first-order chi connectivity index (χ1) is 13.0. The van der Waals surface area contributed by atoms with Gasteiger partial charge < -0.3 is 9.32 Å². The zero-order valence-electron chi connectivity index (χ0n) is 15.0. The number of nitrogens with zero attached hydrogens (tertiary/aromatic N) is 2. The molecule has 27 heavy (non-hydrogen) atoms. The molecule has 4 nitrogen and oxygen atoms in total. The van der Waals surface area contributed by atoms with Gasteiger partial charge in [0, 0.05) is 54.9 Å². The van der Waals surface area contributed by atoms with Crippen molar-refractivity contribution in [1.82, 2.24) is 9.80 Å². The van der Waals surface area contributed by atoms with Crippen LogP contribution in [0.1, 0.15) is 5.56 Å². The molecule has 6 heteroatoms. The molecule has 2 aromatic carbocycles. The van der Waals surface area contributed by atoms with E-state index in [9.17, 15) is 4.79 Å². The monoisotopic (exact) mass is 402 g/mol. The zero-order valence-corrected chi connectivity index (χ0v) is 16.6. The van der Waals surface area contributed by atoms with Crippen molar-refractivity contribution in [2.45, 2.75) is 6.54 Å². The van der Waals surface area contributed by atoms with E-state index in [2.05, 4.69) is 16.8 Å². The van der Waals surface area contributed by atoms with E-state index in [0.29, 0.717) is 38.9 Å². The van der Waals surface area contributed by atoms with Crippen molar-refractivity contribution < 1.29 is 4.42 Å². The number of benzene rings is 2. The Kier molecular flexibility index (Phi) is 5.24. The third kappa shape index (κ3) is 3.90. The lowest BCUT2D eigenvalue weighted by molar-refractivity contribution is 0.148. The molecule has 1 aliphatic heterocycles. The third-order valence-corrected chi connectivity index (χ3v) is 5.55. The Morgan fingerprint density at radius 2 is 1.78 bits per heavy atom. The highest BCUT2D eigenvalue weighted by Gasteiger charge is 2.18. The normalized spacial score (nSPS) is 16.1. The SMILES string of the molecule is CN1CCN(Cc2cc(Cl)cc3c(=O)cc(-c4ccccc4Cl)oc23)CC1. The smallest absolute Gasteiger partial charge is 0.193 e. The van der Waals surface area contributed by atoms with Crippen LogP contribution < -0.4 is 5.43 Å². The minimum atomic E-state index is -0.117. The first kappa shape index (κ1) is 18.5. The second kappa shape index (κ2) is 7.64. The molecule has 0 saturated carbocycles. The van der Waals surface area contributed by atoms with Crippen LogP contribution in [0.15, 0.2) is 51.7 Å². The number of rotatable bonds is 3. The van der Waals surface area contributed by atoms with Crippen molar-refractivity contribution >= 4 is 34.2 Å². The van der Waals surface area contributed by atoms with Gasteiger partial charge in [-0.05, 0) is 31.3 Å². The summed E-state index contributed by atoms with van der Waals surface area (Å²) in [6, 6.07) is 12.4. The van der Waals surface area contributed by atoms with Crippen molar-refractivity contribution in [2.75, 3.05) is 33.2 Å². The van der Waals surface area contributed by atoms with Crippen LogP contribution in [0.25, 0.3) is 22.3 Å². The predicted molar refractivity (Wildman–Crippen MR) is 111 cm³/mol. The van der Waals surface area contributed by atoms with Crippen LogP contribution in [-0.2, 0) is 6.54 Å². The van der Waals surface area contributed by atoms with E-state index < -0.39 is 0 Å². The first-order valence-electron chi connectivity index (χ1n) is 8.93. The van der Waals surface area contributed by atoms with E-state index in [1.807, 2.05) is 24.3 Å². The fourth-order valence-corrected chi connectivity index (χ4v) is 3.92. The second-order valence-corrected chi connectivity index (χ2v) is 7.82. The summed E-state index contributed by atoms with van der Waals surface area (Å²) in [5.41, 5.74) is 2.10. The molecule has 0 radical (unpaired) electrons. The van der Waals surface area contributed by atoms with Gasteiger partial charge in [-0.25, -0.2) is 0 Å². The number of hydrogen-bond acceptors (Lipinski definition) is 4. The van der Waals surface area contributed by atoms with E-state index in [1.54, 1.807) is 12.1 Å². The van der Waals surface area contributed by atoms with Gasteiger partial charge in [-0.15, -0.1) is 0 Å². The first-order valence-corrected chi connectivity index (χ1v) is 9.69. The number of piperazine rings is 1. The maximum atomic E-state index is 12.7. The van der Waals surface area contributed by atoms with Crippen molar-refractivity contribution in [3.8, 4) is 11.3 Å². The van der Waals surface area contributed by atoms with Crippen LogP contribution >= 0.6 is 23.2 Å². The lowest BCUT2D eigenvalue weighted by Gasteiger charge is -2.32. The van der Waals surface area contributed by atoms with Crippen molar-refractivity contribution in [2.24, 2.45) is 0 Å². The molecule has 0 amide bonds. The molecule has 0 unspecified atom stereocenters. The molecule has 0 bridgehead atoms. The van der Waals surface area contributed by atoms with Crippen molar-refractivity contribution in [3.63, 3.8) is 0 Å². The van der Waals surface area contributed by atoms with Crippen molar-refractivity contribution in [1.29, 1.82) is 0 Å². The Labute approximate surface area is 167 Å². The Bertz CT molecular complexity index is 1040. The summed E-state index contributed by atoms with van der Waals surface area (Å²) >= 11 is 12.6. The summed E-state index contributed by atoms with van der Waals surface area (Å²) in [5.74, 6) is 0.472. The quantitative estimate of drug-likeness (QED) is 0.645. The van der Waals surface area contributed by atoms with Crippen LogP contribution in [0.4, 0.5) is 0 Å². The molecule has 1 saturated heterocycles. The summed E-state index contributed by atoms with van der Waals surface area (Å²) in [6.45, 7) is 4.68. The van der Waals surface area contributed by atoms with Gasteiger partial charge in [-0.3, -0.25) is 9.69 Å². The maximum absolute atomic E-state index is 12.7. The number of hydrogen-bond donors (Lipinski definition) is 0. The Balaban J connectivity index is 1.81. The molecule has 0 aliphatic carbocycles. The molecular weight excluding hydrogens is 383 g/mol. The number of likely N-dealkylation sites (N-methyl/N-ethyl adjacent to an activating group) is 1. The second-order valence-electron chi connectivity index (χ2n) is 6.98. The van der Waals surface area contributed by atoms with Crippen molar-refractivity contribution in [3.05, 3.63) is 68.3 Å². The van der Waals surface area contributed by atoms with Crippen LogP contribution in [0, 0.1) is 0 Å². The van der Waals surface area contributed by atoms with Crippen LogP contribution in [0.2, 0.25) is 10.0 Å². The van der Waals surface area contributed by atoms with E-state index in [4.69, 9.17) is 27.6 Å². The summed E-state index contributed by atoms with van der Waals surface area (Å²) in [7, 11) is 2.13. The Morgan fingerprint density at radius 3 is 2.52 bits per heavy atom. The van der Waals surface area contributed by atoms with Crippen LogP contribution in [0.3, 0.4) is 0 Å². The molecule has 2 heterocycles. The molecule has 1 aromatic heterocycles. The molecule has 140 valence electrons. The summed E-state index contributed by atoms with van der Waals surface area (Å²) in [4.78, 5) is 17.4. The maximum Gasteiger partial charge on any atom is 0.193 e. The Morgan fingerprint density at radius 1 is 1.04 bits per heavy atom.